The van der Waals surface area contributed by atoms with Crippen molar-refractivity contribution in [3.8, 4) is 16.8 Å². The lowest BCUT2D eigenvalue weighted by molar-refractivity contribution is 0.0548. The van der Waals surface area contributed by atoms with Crippen LogP contribution in [0.3, 0.4) is 0 Å². The highest BCUT2D eigenvalue weighted by atomic mass is 32.2. The molecule has 0 fully saturated rings. The summed E-state index contributed by atoms with van der Waals surface area (Å²) in [4.78, 5) is 21.6. The number of ether oxygens (including phenoxy) is 1. The van der Waals surface area contributed by atoms with E-state index in [1.807, 2.05) is 23.8 Å². The molecule has 0 radical (unpaired) electrons. The standard InChI is InChI=1S/C13H11N3O2S2/c1-8-10(13(17)18-6-5-14)12(19-2)16-11(15-8)9-4-3-7-20-9/h3-4,7H,6H2,1-2H3. The molecule has 0 aliphatic heterocycles. The second-order valence-electron chi connectivity index (χ2n) is 3.73. The Labute approximate surface area is 124 Å². The maximum Gasteiger partial charge on any atom is 0.343 e. The third-order valence-corrected chi connectivity index (χ3v) is 4.01. The van der Waals surface area contributed by atoms with E-state index >= 15 is 0 Å². The predicted molar refractivity (Wildman–Crippen MR) is 77.8 cm³/mol. The number of aryl methyl sites for hydroxylation is 1. The van der Waals surface area contributed by atoms with Gasteiger partial charge in [0.1, 0.15) is 16.7 Å². The summed E-state index contributed by atoms with van der Waals surface area (Å²) in [5.41, 5.74) is 0.878. The monoisotopic (exact) mass is 305 g/mol. The summed E-state index contributed by atoms with van der Waals surface area (Å²) in [5.74, 6) is 0.0322. The van der Waals surface area contributed by atoms with E-state index in [2.05, 4.69) is 9.97 Å². The lowest BCUT2D eigenvalue weighted by Gasteiger charge is -2.09. The SMILES string of the molecule is CSc1nc(-c2cccs2)nc(C)c1C(=O)OCC#N. The van der Waals surface area contributed by atoms with Gasteiger partial charge in [-0.25, -0.2) is 14.8 Å². The fourth-order valence-corrected chi connectivity index (χ4v) is 2.89. The lowest BCUT2D eigenvalue weighted by Crippen LogP contribution is -2.12. The first-order valence-corrected chi connectivity index (χ1v) is 7.78. The average Bonchev–Trinajstić information content (AvgIpc) is 2.97. The smallest absolute Gasteiger partial charge is 0.343 e. The van der Waals surface area contributed by atoms with Gasteiger partial charge in [0.05, 0.1) is 10.6 Å². The number of thiophene rings is 1. The molecule has 0 aliphatic rings. The second-order valence-corrected chi connectivity index (χ2v) is 5.47. The number of esters is 1. The van der Waals surface area contributed by atoms with Crippen LogP contribution in [0, 0.1) is 18.3 Å². The lowest BCUT2D eigenvalue weighted by atomic mass is 10.2. The van der Waals surface area contributed by atoms with E-state index in [1.165, 1.54) is 23.1 Å². The van der Waals surface area contributed by atoms with Gasteiger partial charge in [-0.2, -0.15) is 5.26 Å². The molecule has 5 nitrogen and oxygen atoms in total. The topological polar surface area (TPSA) is 75.9 Å². The van der Waals surface area contributed by atoms with Crippen LogP contribution in [0.2, 0.25) is 0 Å². The van der Waals surface area contributed by atoms with Crippen LogP contribution in [0.5, 0.6) is 0 Å². The first-order chi connectivity index (χ1) is 9.67. The maximum absolute atomic E-state index is 11.9. The molecule has 2 rings (SSSR count). The van der Waals surface area contributed by atoms with Gasteiger partial charge in [-0.3, -0.25) is 0 Å². The molecule has 0 bridgehead atoms. The van der Waals surface area contributed by atoms with E-state index in [4.69, 9.17) is 10.00 Å². The van der Waals surface area contributed by atoms with Gasteiger partial charge < -0.3 is 4.74 Å². The molecule has 0 spiro atoms. The molecule has 0 N–H and O–H groups in total. The molecule has 0 aromatic carbocycles. The van der Waals surface area contributed by atoms with Gasteiger partial charge >= 0.3 is 5.97 Å². The molecule has 2 heterocycles. The molecule has 2 aromatic rings. The average molecular weight is 305 g/mol. The van der Waals surface area contributed by atoms with E-state index in [0.717, 1.165) is 4.88 Å². The third-order valence-electron chi connectivity index (χ3n) is 2.46. The zero-order chi connectivity index (χ0) is 14.5. The number of hydrogen-bond acceptors (Lipinski definition) is 7. The Kier molecular flexibility index (Phi) is 4.71. The molecule has 20 heavy (non-hydrogen) atoms. The van der Waals surface area contributed by atoms with E-state index in [-0.39, 0.29) is 6.61 Å². The van der Waals surface area contributed by atoms with Gasteiger partial charge in [-0.05, 0) is 24.6 Å². The van der Waals surface area contributed by atoms with Crippen LogP contribution in [0.15, 0.2) is 22.5 Å². The van der Waals surface area contributed by atoms with Crippen molar-refractivity contribution in [2.45, 2.75) is 11.9 Å². The van der Waals surface area contributed by atoms with Crippen LogP contribution in [-0.2, 0) is 4.74 Å². The number of nitriles is 1. The highest BCUT2D eigenvalue weighted by Crippen LogP contribution is 2.27. The van der Waals surface area contributed by atoms with Crippen LogP contribution in [-0.4, -0.2) is 28.8 Å². The highest BCUT2D eigenvalue weighted by molar-refractivity contribution is 7.98. The number of hydrogen-bond donors (Lipinski definition) is 0. The van der Waals surface area contributed by atoms with Crippen LogP contribution in [0.1, 0.15) is 16.1 Å². The van der Waals surface area contributed by atoms with Crippen LogP contribution >= 0.6 is 23.1 Å². The molecule has 0 unspecified atom stereocenters. The molecule has 7 heteroatoms. The van der Waals surface area contributed by atoms with Gasteiger partial charge in [0.2, 0.25) is 0 Å². The number of thioether (sulfide) groups is 1. The predicted octanol–water partition coefficient (Wildman–Crippen LogP) is 2.92. The first kappa shape index (κ1) is 14.5. The minimum absolute atomic E-state index is 0.279. The maximum atomic E-state index is 11.9. The van der Waals surface area contributed by atoms with Crippen LogP contribution in [0.4, 0.5) is 0 Å². The zero-order valence-corrected chi connectivity index (χ0v) is 12.5. The Morgan fingerprint density at radius 1 is 1.55 bits per heavy atom. The van der Waals surface area contributed by atoms with Crippen molar-refractivity contribution in [3.63, 3.8) is 0 Å². The number of nitrogens with zero attached hydrogens (tertiary/aromatic N) is 3. The van der Waals surface area contributed by atoms with Crippen molar-refractivity contribution < 1.29 is 9.53 Å². The number of rotatable bonds is 4. The van der Waals surface area contributed by atoms with Crippen molar-refractivity contribution in [2.75, 3.05) is 12.9 Å². The molecule has 0 saturated carbocycles. The Morgan fingerprint density at radius 2 is 2.35 bits per heavy atom. The van der Waals surface area contributed by atoms with E-state index in [0.29, 0.717) is 22.1 Å². The first-order valence-electron chi connectivity index (χ1n) is 5.68. The summed E-state index contributed by atoms with van der Waals surface area (Å²) in [6.45, 7) is 1.46. The summed E-state index contributed by atoms with van der Waals surface area (Å²) in [6.07, 6.45) is 1.83. The van der Waals surface area contributed by atoms with Crippen molar-refractivity contribution in [2.24, 2.45) is 0 Å². The summed E-state index contributed by atoms with van der Waals surface area (Å²) in [7, 11) is 0. The zero-order valence-electron chi connectivity index (χ0n) is 10.9. The fourth-order valence-electron chi connectivity index (χ4n) is 1.62. The largest absolute Gasteiger partial charge is 0.447 e. The second kappa shape index (κ2) is 6.50. The normalized spacial score (nSPS) is 10.1. The summed E-state index contributed by atoms with van der Waals surface area (Å²) in [6, 6.07) is 5.62. The Morgan fingerprint density at radius 3 is 2.95 bits per heavy atom. The van der Waals surface area contributed by atoms with E-state index < -0.39 is 5.97 Å². The Balaban J connectivity index is 2.44. The van der Waals surface area contributed by atoms with Crippen molar-refractivity contribution in [3.05, 3.63) is 28.8 Å². The molecule has 0 atom stereocenters. The molecule has 0 amide bonds. The molecular formula is C13H11N3O2S2. The molecule has 0 saturated heterocycles. The highest BCUT2D eigenvalue weighted by Gasteiger charge is 2.20. The number of carbonyl (C=O) groups excluding carboxylic acids is 1. The van der Waals surface area contributed by atoms with E-state index in [9.17, 15) is 4.79 Å². The van der Waals surface area contributed by atoms with Crippen LogP contribution in [0.25, 0.3) is 10.7 Å². The van der Waals surface area contributed by atoms with Crippen LogP contribution < -0.4 is 0 Å². The van der Waals surface area contributed by atoms with Crippen molar-refractivity contribution in [1.82, 2.24) is 9.97 Å². The van der Waals surface area contributed by atoms with E-state index in [1.54, 1.807) is 13.0 Å². The quantitative estimate of drug-likeness (QED) is 0.491. The Bertz CT molecular complexity index is 663. The Hall–Kier alpha value is -1.91. The summed E-state index contributed by atoms with van der Waals surface area (Å²) < 4.78 is 4.84. The number of aromatic nitrogens is 2. The minimum Gasteiger partial charge on any atom is -0.447 e. The summed E-state index contributed by atoms with van der Waals surface area (Å²) >= 11 is 2.89. The summed E-state index contributed by atoms with van der Waals surface area (Å²) in [5, 5.41) is 11.0. The van der Waals surface area contributed by atoms with Crippen molar-refractivity contribution >= 4 is 29.1 Å². The fraction of sp³-hybridized carbons (Fsp3) is 0.231. The van der Waals surface area contributed by atoms with Gasteiger partial charge in [0, 0.05) is 0 Å². The van der Waals surface area contributed by atoms with Gasteiger partial charge in [-0.15, -0.1) is 23.1 Å². The van der Waals surface area contributed by atoms with Crippen molar-refractivity contribution in [1.29, 1.82) is 5.26 Å². The molecular weight excluding hydrogens is 294 g/mol. The minimum atomic E-state index is -0.564. The third kappa shape index (κ3) is 2.98. The van der Waals surface area contributed by atoms with Gasteiger partial charge in [0.15, 0.2) is 12.4 Å². The van der Waals surface area contributed by atoms with Gasteiger partial charge in [-0.1, -0.05) is 6.07 Å². The molecule has 0 aliphatic carbocycles. The number of carbonyl (C=O) groups is 1. The molecule has 102 valence electrons. The molecule has 2 aromatic heterocycles. The van der Waals surface area contributed by atoms with Gasteiger partial charge in [0.25, 0.3) is 0 Å².